The smallest absolute Gasteiger partial charge is 0.453 e. The molecule has 0 radical (unpaired) electrons. The van der Waals surface area contributed by atoms with Gasteiger partial charge in [0.2, 0.25) is 5.91 Å². The van der Waals surface area contributed by atoms with Gasteiger partial charge in [0, 0.05) is 54.2 Å². The Morgan fingerprint density at radius 1 is 1.21 bits per heavy atom. The molecule has 1 aliphatic rings. The van der Waals surface area contributed by atoms with Crippen LogP contribution in [0.25, 0.3) is 5.69 Å². The van der Waals surface area contributed by atoms with E-state index in [4.69, 9.17) is 4.74 Å². The Labute approximate surface area is 226 Å². The highest BCUT2D eigenvalue weighted by Crippen LogP contribution is 2.31. The van der Waals surface area contributed by atoms with Gasteiger partial charge in [-0.2, -0.15) is 17.9 Å². The van der Waals surface area contributed by atoms with Gasteiger partial charge in [0.25, 0.3) is 5.82 Å². The quantitative estimate of drug-likeness (QED) is 0.443. The molecule has 0 aliphatic carbocycles. The summed E-state index contributed by atoms with van der Waals surface area (Å²) in [6.45, 7) is 1.28. The van der Waals surface area contributed by atoms with Crippen molar-refractivity contribution in [2.24, 2.45) is 0 Å². The standard InChI is InChI=1S/C24H27F3N6O3S.ClH/c1-36-21-9-8-18(33-23(24(25,26)27)29-30-31-33)12-17(21)13-28-20-10-11-32(22(34)15-37(2)35)14-19(20)16-6-4-3-5-7-16;/h3-9,12,19-20,28H,10-11,13-15H2,1-2H3;1H. The minimum absolute atomic E-state index is 0. The fraction of sp³-hybridized carbons (Fsp3) is 0.417. The molecule has 9 nitrogen and oxygen atoms in total. The number of hydrogen-bond donors (Lipinski definition) is 1. The largest absolute Gasteiger partial charge is 0.496 e. The summed E-state index contributed by atoms with van der Waals surface area (Å²) in [7, 11) is 0.268. The van der Waals surface area contributed by atoms with E-state index in [2.05, 4.69) is 20.8 Å². The first-order chi connectivity index (χ1) is 17.7. The number of tetrazole rings is 1. The average molecular weight is 573 g/mol. The summed E-state index contributed by atoms with van der Waals surface area (Å²) in [5, 5.41) is 13.3. The first kappa shape index (κ1) is 29.5. The van der Waals surface area contributed by atoms with Crippen molar-refractivity contribution < 1.29 is 26.9 Å². The van der Waals surface area contributed by atoms with E-state index >= 15 is 0 Å². The number of piperidine rings is 1. The second-order valence-corrected chi connectivity index (χ2v) is 10.2. The number of halogens is 4. The molecule has 3 aromatic rings. The molecule has 1 saturated heterocycles. The Hall–Kier alpha value is -3.03. The minimum atomic E-state index is -4.71. The van der Waals surface area contributed by atoms with Crippen LogP contribution in [-0.2, 0) is 28.3 Å². The van der Waals surface area contributed by atoms with E-state index in [9.17, 15) is 22.2 Å². The van der Waals surface area contributed by atoms with Gasteiger partial charge < -0.3 is 15.0 Å². The van der Waals surface area contributed by atoms with E-state index < -0.39 is 22.8 Å². The van der Waals surface area contributed by atoms with Gasteiger partial charge in [-0.05, 0) is 40.6 Å². The lowest BCUT2D eigenvalue weighted by molar-refractivity contribution is -0.146. The summed E-state index contributed by atoms with van der Waals surface area (Å²) < 4.78 is 57.6. The Morgan fingerprint density at radius 3 is 2.61 bits per heavy atom. The Kier molecular flexibility index (Phi) is 9.85. The maximum atomic E-state index is 13.3. The van der Waals surface area contributed by atoms with Crippen LogP contribution in [0.4, 0.5) is 13.2 Å². The Bertz CT molecular complexity index is 1260. The van der Waals surface area contributed by atoms with Crippen molar-refractivity contribution in [1.29, 1.82) is 0 Å². The molecule has 4 rings (SSSR count). The normalized spacial score (nSPS) is 18.5. The third kappa shape index (κ3) is 6.88. The molecule has 38 heavy (non-hydrogen) atoms. The van der Waals surface area contributed by atoms with Gasteiger partial charge in [0.1, 0.15) is 11.5 Å². The van der Waals surface area contributed by atoms with Gasteiger partial charge in [0.05, 0.1) is 12.8 Å². The lowest BCUT2D eigenvalue weighted by Gasteiger charge is -2.39. The number of likely N-dealkylation sites (tertiary alicyclic amines) is 1. The number of carbonyl (C=O) groups excluding carboxylic acids is 1. The lowest BCUT2D eigenvalue weighted by atomic mass is 9.85. The predicted molar refractivity (Wildman–Crippen MR) is 138 cm³/mol. The summed E-state index contributed by atoms with van der Waals surface area (Å²) >= 11 is 0. The number of rotatable bonds is 8. The van der Waals surface area contributed by atoms with Crippen molar-refractivity contribution in [3.63, 3.8) is 0 Å². The van der Waals surface area contributed by atoms with E-state index in [1.807, 2.05) is 30.3 Å². The molecular weight excluding hydrogens is 545 g/mol. The van der Waals surface area contributed by atoms with Crippen LogP contribution >= 0.6 is 12.4 Å². The molecule has 3 atom stereocenters. The predicted octanol–water partition coefficient (Wildman–Crippen LogP) is 2.96. The molecule has 1 N–H and O–H groups in total. The van der Waals surface area contributed by atoms with Crippen LogP contribution in [0, 0.1) is 0 Å². The molecule has 1 aliphatic heterocycles. The topological polar surface area (TPSA) is 102 Å². The minimum Gasteiger partial charge on any atom is -0.496 e. The van der Waals surface area contributed by atoms with Gasteiger partial charge in [0.15, 0.2) is 0 Å². The zero-order valence-corrected chi connectivity index (χ0v) is 22.4. The summed E-state index contributed by atoms with van der Waals surface area (Å²) in [5.41, 5.74) is 1.84. The van der Waals surface area contributed by atoms with Gasteiger partial charge in [-0.3, -0.25) is 9.00 Å². The average Bonchev–Trinajstić information content (AvgIpc) is 3.38. The third-order valence-corrected chi connectivity index (χ3v) is 6.96. The monoisotopic (exact) mass is 572 g/mol. The lowest BCUT2D eigenvalue weighted by Crippen LogP contribution is -2.50. The van der Waals surface area contributed by atoms with Gasteiger partial charge in [-0.1, -0.05) is 30.3 Å². The van der Waals surface area contributed by atoms with E-state index in [1.54, 1.807) is 17.0 Å². The molecule has 1 aromatic heterocycles. The molecular formula is C24H28ClF3N6O3S. The number of benzene rings is 2. The van der Waals surface area contributed by atoms with Crippen molar-refractivity contribution in [3.8, 4) is 11.4 Å². The zero-order chi connectivity index (χ0) is 26.6. The number of aromatic nitrogens is 4. The van der Waals surface area contributed by atoms with E-state index in [0.717, 1.165) is 5.56 Å². The first-order valence-corrected chi connectivity index (χ1v) is 13.3. The molecule has 1 amide bonds. The highest BCUT2D eigenvalue weighted by Gasteiger charge is 2.38. The highest BCUT2D eigenvalue weighted by molar-refractivity contribution is 7.85. The van der Waals surface area contributed by atoms with Crippen molar-refractivity contribution in [2.45, 2.75) is 31.1 Å². The SMILES string of the molecule is COc1ccc(-n2nnnc2C(F)(F)F)cc1CNC1CCN(C(=O)CS(C)=O)CC1c1ccccc1.Cl. The van der Waals surface area contributed by atoms with Crippen LogP contribution < -0.4 is 10.1 Å². The third-order valence-electron chi connectivity index (χ3n) is 6.31. The molecule has 2 heterocycles. The second-order valence-electron chi connectivity index (χ2n) is 8.76. The maximum Gasteiger partial charge on any atom is 0.453 e. The van der Waals surface area contributed by atoms with E-state index in [0.29, 0.717) is 42.0 Å². The number of nitrogens with one attached hydrogen (secondary N) is 1. The number of hydrogen-bond acceptors (Lipinski definition) is 7. The number of amides is 1. The van der Waals surface area contributed by atoms with Crippen LogP contribution in [0.1, 0.15) is 29.3 Å². The molecule has 206 valence electrons. The number of alkyl halides is 3. The molecule has 1 fully saturated rings. The number of nitrogens with zero attached hydrogens (tertiary/aromatic N) is 5. The van der Waals surface area contributed by atoms with Crippen molar-refractivity contribution in [3.05, 3.63) is 65.5 Å². The fourth-order valence-corrected chi connectivity index (χ4v) is 5.07. The molecule has 3 unspecified atom stereocenters. The summed E-state index contributed by atoms with van der Waals surface area (Å²) in [6, 6.07) is 14.4. The molecule has 0 bridgehead atoms. The van der Waals surface area contributed by atoms with Crippen molar-refractivity contribution in [2.75, 3.05) is 32.2 Å². The van der Waals surface area contributed by atoms with Crippen LogP contribution in [0.2, 0.25) is 0 Å². The first-order valence-electron chi connectivity index (χ1n) is 11.6. The van der Waals surface area contributed by atoms with Crippen LogP contribution in [0.15, 0.2) is 48.5 Å². The van der Waals surface area contributed by atoms with Gasteiger partial charge >= 0.3 is 6.18 Å². The second kappa shape index (κ2) is 12.7. The molecule has 14 heteroatoms. The van der Waals surface area contributed by atoms with Crippen molar-refractivity contribution in [1.82, 2.24) is 30.4 Å². The fourth-order valence-electron chi connectivity index (χ4n) is 4.54. The Morgan fingerprint density at radius 2 is 1.95 bits per heavy atom. The zero-order valence-electron chi connectivity index (χ0n) is 20.7. The summed E-state index contributed by atoms with van der Waals surface area (Å²) in [6.07, 6.45) is -2.55. The summed E-state index contributed by atoms with van der Waals surface area (Å²) in [4.78, 5) is 14.3. The van der Waals surface area contributed by atoms with Gasteiger partial charge in [-0.25, -0.2) is 0 Å². The highest BCUT2D eigenvalue weighted by atomic mass is 35.5. The molecule has 0 saturated carbocycles. The Balaban J connectivity index is 0.00000400. The van der Waals surface area contributed by atoms with Crippen LogP contribution in [0.5, 0.6) is 5.75 Å². The van der Waals surface area contributed by atoms with E-state index in [-0.39, 0.29) is 41.7 Å². The number of ether oxygens (including phenoxy) is 1. The summed E-state index contributed by atoms with van der Waals surface area (Å²) in [5.74, 6) is -0.898. The molecule has 2 aromatic carbocycles. The molecule has 0 spiro atoms. The maximum absolute atomic E-state index is 13.3. The van der Waals surface area contributed by atoms with Crippen LogP contribution in [-0.4, -0.2) is 73.5 Å². The van der Waals surface area contributed by atoms with E-state index in [1.165, 1.54) is 19.4 Å². The number of methoxy groups -OCH3 is 1. The van der Waals surface area contributed by atoms with Crippen LogP contribution in [0.3, 0.4) is 0 Å². The van der Waals surface area contributed by atoms with Crippen molar-refractivity contribution >= 4 is 29.1 Å². The van der Waals surface area contributed by atoms with Gasteiger partial charge in [-0.15, -0.1) is 17.5 Å². The number of carbonyl (C=O) groups is 1.